The van der Waals surface area contributed by atoms with E-state index in [9.17, 15) is 4.21 Å². The summed E-state index contributed by atoms with van der Waals surface area (Å²) >= 11 is 5.88. The summed E-state index contributed by atoms with van der Waals surface area (Å²) in [5.41, 5.74) is 1.87. The lowest BCUT2D eigenvalue weighted by Gasteiger charge is -2.10. The van der Waals surface area contributed by atoms with Gasteiger partial charge in [-0.1, -0.05) is 6.07 Å². The Kier molecular flexibility index (Phi) is 5.65. The molecule has 21 heavy (non-hydrogen) atoms. The summed E-state index contributed by atoms with van der Waals surface area (Å²) in [5.74, 6) is 2.83. The van der Waals surface area contributed by atoms with Gasteiger partial charge in [0.15, 0.2) is 0 Å². The van der Waals surface area contributed by atoms with Crippen LogP contribution in [0.5, 0.6) is 5.75 Å². The molecular weight excluding hydrogens is 308 g/mol. The SMILES string of the molecule is CC(C)Oc1cccc2c1nc(CCCl)n2CCS(C)=O. The van der Waals surface area contributed by atoms with Gasteiger partial charge in [-0.2, -0.15) is 0 Å². The van der Waals surface area contributed by atoms with E-state index in [1.807, 2.05) is 32.0 Å². The number of aryl methyl sites for hydroxylation is 2. The Labute approximate surface area is 132 Å². The molecule has 4 nitrogen and oxygen atoms in total. The van der Waals surface area contributed by atoms with Crippen LogP contribution >= 0.6 is 11.6 Å². The lowest BCUT2D eigenvalue weighted by molar-refractivity contribution is 0.245. The Balaban J connectivity index is 2.48. The van der Waals surface area contributed by atoms with Crippen LogP contribution in [0.2, 0.25) is 0 Å². The second-order valence-corrected chi connectivity index (χ2v) is 7.12. The predicted octanol–water partition coefficient (Wildman–Crippen LogP) is 2.98. The summed E-state index contributed by atoms with van der Waals surface area (Å²) in [4.78, 5) is 4.69. The van der Waals surface area contributed by atoms with Crippen LogP contribution in [-0.4, -0.2) is 37.8 Å². The molecule has 0 bridgehead atoms. The highest BCUT2D eigenvalue weighted by molar-refractivity contribution is 7.84. The van der Waals surface area contributed by atoms with Crippen LogP contribution in [0.3, 0.4) is 0 Å². The fourth-order valence-corrected chi connectivity index (χ4v) is 2.87. The number of alkyl halides is 1. The summed E-state index contributed by atoms with van der Waals surface area (Å²) in [6.07, 6.45) is 2.50. The summed E-state index contributed by atoms with van der Waals surface area (Å²) in [6.45, 7) is 4.67. The fourth-order valence-electron chi connectivity index (χ4n) is 2.26. The van der Waals surface area contributed by atoms with Crippen LogP contribution in [0.4, 0.5) is 0 Å². The smallest absolute Gasteiger partial charge is 0.147 e. The second kappa shape index (κ2) is 7.27. The van der Waals surface area contributed by atoms with E-state index in [0.29, 0.717) is 24.6 Å². The normalized spacial score (nSPS) is 13.0. The standard InChI is InChI=1S/C15H21ClN2O2S/c1-11(2)20-13-6-4-5-12-15(13)17-14(7-8-16)18(12)9-10-21(3)19/h4-6,11H,7-10H2,1-3H3. The molecule has 0 spiro atoms. The minimum Gasteiger partial charge on any atom is -0.489 e. The Morgan fingerprint density at radius 1 is 1.43 bits per heavy atom. The molecule has 0 saturated heterocycles. The van der Waals surface area contributed by atoms with Crippen LogP contribution in [-0.2, 0) is 23.8 Å². The molecule has 116 valence electrons. The van der Waals surface area contributed by atoms with Crippen molar-refractivity contribution in [1.29, 1.82) is 0 Å². The topological polar surface area (TPSA) is 44.1 Å². The average Bonchev–Trinajstić information content (AvgIpc) is 2.75. The van der Waals surface area contributed by atoms with Crippen molar-refractivity contribution in [3.8, 4) is 5.75 Å². The lowest BCUT2D eigenvalue weighted by Crippen LogP contribution is -2.10. The number of nitrogens with zero attached hydrogens (tertiary/aromatic N) is 2. The van der Waals surface area contributed by atoms with Gasteiger partial charge in [-0.15, -0.1) is 11.6 Å². The van der Waals surface area contributed by atoms with Crippen molar-refractivity contribution < 1.29 is 8.95 Å². The largest absolute Gasteiger partial charge is 0.489 e. The highest BCUT2D eigenvalue weighted by atomic mass is 35.5. The van der Waals surface area contributed by atoms with Crippen LogP contribution in [0.25, 0.3) is 11.0 Å². The van der Waals surface area contributed by atoms with Crippen LogP contribution in [0.1, 0.15) is 19.7 Å². The summed E-state index contributed by atoms with van der Waals surface area (Å²) < 4.78 is 19.3. The zero-order valence-electron chi connectivity index (χ0n) is 12.6. The van der Waals surface area contributed by atoms with Gasteiger partial charge in [0, 0.05) is 41.7 Å². The van der Waals surface area contributed by atoms with E-state index in [0.717, 1.165) is 22.6 Å². The van der Waals surface area contributed by atoms with Crippen LogP contribution < -0.4 is 4.74 Å². The van der Waals surface area contributed by atoms with E-state index in [-0.39, 0.29) is 6.10 Å². The molecule has 0 amide bonds. The third-order valence-corrected chi connectivity index (χ3v) is 4.05. The minimum atomic E-state index is -0.833. The molecule has 0 aliphatic heterocycles. The molecule has 2 aromatic rings. The zero-order valence-corrected chi connectivity index (χ0v) is 14.2. The molecule has 1 unspecified atom stereocenters. The zero-order chi connectivity index (χ0) is 15.4. The molecular formula is C15H21ClN2O2S. The fraction of sp³-hybridized carbons (Fsp3) is 0.533. The third kappa shape index (κ3) is 3.98. The maximum atomic E-state index is 11.4. The number of para-hydroxylation sites is 1. The monoisotopic (exact) mass is 328 g/mol. The number of aromatic nitrogens is 2. The van der Waals surface area contributed by atoms with Gasteiger partial charge in [0.25, 0.3) is 0 Å². The number of rotatable bonds is 7. The highest BCUT2D eigenvalue weighted by Crippen LogP contribution is 2.27. The average molecular weight is 329 g/mol. The lowest BCUT2D eigenvalue weighted by atomic mass is 10.3. The molecule has 1 atom stereocenters. The maximum absolute atomic E-state index is 11.4. The number of ether oxygens (including phenoxy) is 1. The Morgan fingerprint density at radius 3 is 2.81 bits per heavy atom. The van der Waals surface area contributed by atoms with E-state index in [1.165, 1.54) is 0 Å². The molecule has 0 saturated carbocycles. The van der Waals surface area contributed by atoms with Gasteiger partial charge in [-0.3, -0.25) is 4.21 Å². The van der Waals surface area contributed by atoms with Crippen molar-refractivity contribution >= 4 is 33.4 Å². The van der Waals surface area contributed by atoms with Crippen molar-refractivity contribution in [3.63, 3.8) is 0 Å². The molecule has 1 aromatic heterocycles. The highest BCUT2D eigenvalue weighted by Gasteiger charge is 2.14. The van der Waals surface area contributed by atoms with Crippen molar-refractivity contribution in [2.75, 3.05) is 17.9 Å². The number of benzene rings is 1. The molecule has 1 heterocycles. The predicted molar refractivity (Wildman–Crippen MR) is 88.9 cm³/mol. The first-order valence-corrected chi connectivity index (χ1v) is 9.30. The van der Waals surface area contributed by atoms with Gasteiger partial charge in [0.2, 0.25) is 0 Å². The molecule has 6 heteroatoms. The van der Waals surface area contributed by atoms with E-state index in [1.54, 1.807) is 6.26 Å². The Bertz CT molecular complexity index is 640. The van der Waals surface area contributed by atoms with Crippen molar-refractivity contribution in [3.05, 3.63) is 24.0 Å². The third-order valence-electron chi connectivity index (χ3n) is 3.10. The molecule has 0 aliphatic rings. The molecule has 0 radical (unpaired) electrons. The van der Waals surface area contributed by atoms with Gasteiger partial charge >= 0.3 is 0 Å². The molecule has 0 aliphatic carbocycles. The molecule has 0 N–H and O–H groups in total. The first kappa shape index (κ1) is 16.3. The molecule has 0 fully saturated rings. The number of imidazole rings is 1. The van der Waals surface area contributed by atoms with E-state index < -0.39 is 10.8 Å². The Hall–Kier alpha value is -1.07. The summed E-state index contributed by atoms with van der Waals surface area (Å²) in [7, 11) is -0.833. The van der Waals surface area contributed by atoms with E-state index >= 15 is 0 Å². The summed E-state index contributed by atoms with van der Waals surface area (Å²) in [5, 5.41) is 0. The van der Waals surface area contributed by atoms with Crippen molar-refractivity contribution in [2.24, 2.45) is 0 Å². The van der Waals surface area contributed by atoms with Crippen LogP contribution in [0, 0.1) is 0 Å². The maximum Gasteiger partial charge on any atom is 0.147 e. The van der Waals surface area contributed by atoms with E-state index in [4.69, 9.17) is 16.3 Å². The first-order chi connectivity index (χ1) is 10.0. The van der Waals surface area contributed by atoms with Crippen molar-refractivity contribution in [1.82, 2.24) is 9.55 Å². The number of hydrogen-bond acceptors (Lipinski definition) is 3. The van der Waals surface area contributed by atoms with E-state index in [2.05, 4.69) is 9.55 Å². The van der Waals surface area contributed by atoms with Gasteiger partial charge < -0.3 is 9.30 Å². The van der Waals surface area contributed by atoms with Crippen LogP contribution in [0.15, 0.2) is 18.2 Å². The minimum absolute atomic E-state index is 0.0976. The van der Waals surface area contributed by atoms with Gasteiger partial charge in [0.1, 0.15) is 17.1 Å². The summed E-state index contributed by atoms with van der Waals surface area (Å²) in [6, 6.07) is 5.92. The second-order valence-electron chi connectivity index (χ2n) is 5.19. The van der Waals surface area contributed by atoms with Gasteiger partial charge in [-0.25, -0.2) is 4.98 Å². The number of fused-ring (bicyclic) bond motifs is 1. The number of hydrogen-bond donors (Lipinski definition) is 0. The molecule has 1 aromatic carbocycles. The Morgan fingerprint density at radius 2 is 2.19 bits per heavy atom. The number of halogens is 1. The van der Waals surface area contributed by atoms with Crippen molar-refractivity contribution in [2.45, 2.75) is 32.9 Å². The first-order valence-electron chi connectivity index (χ1n) is 7.03. The van der Waals surface area contributed by atoms with Gasteiger partial charge in [-0.05, 0) is 26.0 Å². The molecule has 2 rings (SSSR count). The van der Waals surface area contributed by atoms with Gasteiger partial charge in [0.05, 0.1) is 11.6 Å². The quantitative estimate of drug-likeness (QED) is 0.734.